The fourth-order valence-electron chi connectivity index (χ4n) is 8.63. The first-order valence-electron chi connectivity index (χ1n) is 12.1. The number of aliphatic hydroxyl groups excluding tert-OH is 1. The second kappa shape index (κ2) is 7.04. The number of fused-ring (bicyclic) bond motifs is 3. The molecule has 5 heteroatoms. The van der Waals surface area contributed by atoms with Crippen molar-refractivity contribution in [2.75, 3.05) is 6.61 Å². The van der Waals surface area contributed by atoms with Gasteiger partial charge in [-0.25, -0.2) is 4.79 Å². The summed E-state index contributed by atoms with van der Waals surface area (Å²) in [7, 11) is 0. The van der Waals surface area contributed by atoms with Crippen molar-refractivity contribution in [3.05, 3.63) is 35.9 Å². The van der Waals surface area contributed by atoms with Crippen LogP contribution in [0.4, 0.5) is 0 Å². The Kier molecular flexibility index (Phi) is 4.70. The molecule has 5 fully saturated rings. The first-order valence-corrected chi connectivity index (χ1v) is 12.9. The Balaban J connectivity index is 1.26. The summed E-state index contributed by atoms with van der Waals surface area (Å²) in [5, 5.41) is 10.4. The molecular weight excluding hydrogens is 456 g/mol. The number of aliphatic hydroxyl groups is 1. The minimum atomic E-state index is -0.213. The molecule has 1 heterocycles. The third-order valence-electron chi connectivity index (χ3n) is 10.1. The Bertz CT molecular complexity index is 875. The molecule has 4 nitrogen and oxygen atoms in total. The number of benzene rings is 1. The van der Waals surface area contributed by atoms with Crippen LogP contribution < -0.4 is 0 Å². The van der Waals surface area contributed by atoms with E-state index in [1.165, 1.54) is 6.42 Å². The Labute approximate surface area is 193 Å². The quantitative estimate of drug-likeness (QED) is 0.463. The van der Waals surface area contributed by atoms with Gasteiger partial charge < -0.3 is 14.6 Å². The highest BCUT2D eigenvalue weighted by atomic mass is 79.9. The average Bonchev–Trinajstić information content (AvgIpc) is 3.16. The second-order valence-electron chi connectivity index (χ2n) is 11.2. The van der Waals surface area contributed by atoms with Crippen LogP contribution in [0, 0.1) is 28.6 Å². The van der Waals surface area contributed by atoms with Gasteiger partial charge in [-0.1, -0.05) is 41.1 Å². The van der Waals surface area contributed by atoms with Crippen molar-refractivity contribution in [2.24, 2.45) is 28.6 Å². The molecule has 6 rings (SSSR count). The summed E-state index contributed by atoms with van der Waals surface area (Å²) in [6, 6.07) is 9.41. The predicted molar refractivity (Wildman–Crippen MR) is 121 cm³/mol. The minimum absolute atomic E-state index is 0.00561. The number of esters is 1. The van der Waals surface area contributed by atoms with Gasteiger partial charge in [0.15, 0.2) is 0 Å². The maximum absolute atomic E-state index is 12.8. The Hall–Kier alpha value is -0.910. The molecule has 4 aliphatic carbocycles. The van der Waals surface area contributed by atoms with Crippen LogP contribution in [0.25, 0.3) is 0 Å². The van der Waals surface area contributed by atoms with Gasteiger partial charge in [-0.2, -0.15) is 0 Å². The van der Waals surface area contributed by atoms with Crippen molar-refractivity contribution in [1.82, 2.24) is 0 Å². The summed E-state index contributed by atoms with van der Waals surface area (Å²) in [5.41, 5.74) is 0.860. The van der Waals surface area contributed by atoms with Gasteiger partial charge in [0.2, 0.25) is 0 Å². The van der Waals surface area contributed by atoms with Gasteiger partial charge in [-0.15, -0.1) is 0 Å². The fourth-order valence-corrected chi connectivity index (χ4v) is 9.93. The first kappa shape index (κ1) is 20.7. The number of carbonyl (C=O) groups excluding carboxylic acids is 1. The summed E-state index contributed by atoms with van der Waals surface area (Å²) in [6.45, 7) is 3.22. The van der Waals surface area contributed by atoms with E-state index in [1.807, 2.05) is 30.3 Å². The van der Waals surface area contributed by atoms with Gasteiger partial charge in [-0.05, 0) is 81.3 Å². The Morgan fingerprint density at radius 3 is 2.74 bits per heavy atom. The largest absolute Gasteiger partial charge is 0.458 e. The molecule has 0 unspecified atom stereocenters. The van der Waals surface area contributed by atoms with Crippen molar-refractivity contribution >= 4 is 21.9 Å². The van der Waals surface area contributed by atoms with Crippen LogP contribution in [0.5, 0.6) is 0 Å². The molecule has 1 saturated heterocycles. The van der Waals surface area contributed by atoms with Crippen LogP contribution in [-0.4, -0.2) is 40.3 Å². The third-order valence-corrected chi connectivity index (χ3v) is 11.8. The normalized spacial score (nSPS) is 50.3. The number of hydrogen-bond acceptors (Lipinski definition) is 4. The van der Waals surface area contributed by atoms with Crippen LogP contribution >= 0.6 is 15.9 Å². The molecular formula is C26H33BrO4. The fraction of sp³-hybridized carbons (Fsp3) is 0.731. The molecule has 1 aromatic carbocycles. The van der Waals surface area contributed by atoms with Crippen LogP contribution in [0.2, 0.25) is 0 Å². The summed E-state index contributed by atoms with van der Waals surface area (Å²) >= 11 is 4.16. The van der Waals surface area contributed by atoms with Crippen LogP contribution in [-0.2, 0) is 9.47 Å². The van der Waals surface area contributed by atoms with Crippen molar-refractivity contribution in [3.63, 3.8) is 0 Å². The van der Waals surface area contributed by atoms with Gasteiger partial charge in [-0.3, -0.25) is 0 Å². The standard InChI is InChI=1S/C26H33BrO4/c1-24-11-10-20-18(13-22-26(27)14-17(28)9-12-25(20,26)15-30-22)19(24)7-8-21(24)31-23(29)16-5-3-2-4-6-16/h2-6,17-22,28H,7-15H2,1H3/t17-,18+,19+,20+,21+,22+,24-,25-,26-/m0/s1. The van der Waals surface area contributed by atoms with Crippen molar-refractivity contribution in [1.29, 1.82) is 0 Å². The van der Waals surface area contributed by atoms with E-state index < -0.39 is 0 Å². The van der Waals surface area contributed by atoms with E-state index in [4.69, 9.17) is 9.47 Å². The maximum Gasteiger partial charge on any atom is 0.338 e. The van der Waals surface area contributed by atoms with Gasteiger partial charge in [0.1, 0.15) is 6.10 Å². The first-order chi connectivity index (χ1) is 14.9. The van der Waals surface area contributed by atoms with E-state index in [0.717, 1.165) is 51.6 Å². The highest BCUT2D eigenvalue weighted by Gasteiger charge is 2.72. The lowest BCUT2D eigenvalue weighted by Gasteiger charge is -2.62. The molecule has 2 bridgehead atoms. The highest BCUT2D eigenvalue weighted by Crippen LogP contribution is 2.72. The van der Waals surface area contributed by atoms with E-state index in [9.17, 15) is 9.90 Å². The zero-order chi connectivity index (χ0) is 21.4. The van der Waals surface area contributed by atoms with Gasteiger partial charge in [0.05, 0.1) is 28.7 Å². The summed E-state index contributed by atoms with van der Waals surface area (Å²) in [6.07, 6.45) is 8.24. The number of ether oxygens (including phenoxy) is 2. The van der Waals surface area contributed by atoms with Crippen LogP contribution in [0.1, 0.15) is 68.6 Å². The Morgan fingerprint density at radius 1 is 1.13 bits per heavy atom. The predicted octanol–water partition coefficient (Wildman–Crippen LogP) is 5.12. The molecule has 4 saturated carbocycles. The van der Waals surface area contributed by atoms with E-state index in [0.29, 0.717) is 23.3 Å². The smallest absolute Gasteiger partial charge is 0.338 e. The van der Waals surface area contributed by atoms with Crippen LogP contribution in [0.15, 0.2) is 30.3 Å². The minimum Gasteiger partial charge on any atom is -0.458 e. The number of hydrogen-bond donors (Lipinski definition) is 1. The number of halogens is 1. The molecule has 0 spiro atoms. The molecule has 0 aromatic heterocycles. The topological polar surface area (TPSA) is 55.8 Å². The number of carbonyl (C=O) groups is 1. The third kappa shape index (κ3) is 2.75. The summed E-state index contributed by atoms with van der Waals surface area (Å²) < 4.78 is 12.5. The average molecular weight is 489 g/mol. The van der Waals surface area contributed by atoms with E-state index in [-0.39, 0.29) is 39.4 Å². The van der Waals surface area contributed by atoms with Gasteiger partial charge in [0.25, 0.3) is 0 Å². The van der Waals surface area contributed by atoms with Crippen LogP contribution in [0.3, 0.4) is 0 Å². The number of alkyl halides is 1. The monoisotopic (exact) mass is 488 g/mol. The van der Waals surface area contributed by atoms with E-state index >= 15 is 0 Å². The van der Waals surface area contributed by atoms with Crippen molar-refractivity contribution < 1.29 is 19.4 Å². The molecule has 9 atom stereocenters. The van der Waals surface area contributed by atoms with E-state index in [2.05, 4.69) is 22.9 Å². The SMILES string of the molecule is C[C@]12CC[C@@H]3[C@H](C[C@H]4OC[C@@]35CC[C@H](O)C[C@]45Br)[C@H]1CC[C@H]2OC(=O)c1ccccc1. The second-order valence-corrected chi connectivity index (χ2v) is 12.6. The van der Waals surface area contributed by atoms with Crippen molar-refractivity contribution in [3.8, 4) is 0 Å². The van der Waals surface area contributed by atoms with E-state index in [1.54, 1.807) is 0 Å². The highest BCUT2D eigenvalue weighted by molar-refractivity contribution is 9.10. The molecule has 5 aliphatic rings. The molecule has 1 N–H and O–H groups in total. The maximum atomic E-state index is 12.8. The number of rotatable bonds is 2. The molecule has 31 heavy (non-hydrogen) atoms. The molecule has 168 valence electrons. The molecule has 0 amide bonds. The lowest BCUT2D eigenvalue weighted by molar-refractivity contribution is -0.114. The molecule has 1 aromatic rings. The lowest BCUT2D eigenvalue weighted by atomic mass is 9.45. The molecule has 1 aliphatic heterocycles. The lowest BCUT2D eigenvalue weighted by Crippen LogP contribution is -2.63. The summed E-state index contributed by atoms with van der Waals surface area (Å²) in [5.74, 6) is 1.68. The Morgan fingerprint density at radius 2 is 1.94 bits per heavy atom. The van der Waals surface area contributed by atoms with Gasteiger partial charge in [0, 0.05) is 10.8 Å². The summed E-state index contributed by atoms with van der Waals surface area (Å²) in [4.78, 5) is 12.8. The van der Waals surface area contributed by atoms with Gasteiger partial charge >= 0.3 is 5.97 Å². The van der Waals surface area contributed by atoms with Crippen molar-refractivity contribution in [2.45, 2.75) is 80.9 Å². The zero-order valence-electron chi connectivity index (χ0n) is 18.3. The molecule has 0 radical (unpaired) electrons. The zero-order valence-corrected chi connectivity index (χ0v) is 19.9.